The van der Waals surface area contributed by atoms with Gasteiger partial charge in [0.15, 0.2) is 11.4 Å². The van der Waals surface area contributed by atoms with Crippen LogP contribution in [0.2, 0.25) is 5.02 Å². The molecule has 0 aliphatic carbocycles. The van der Waals surface area contributed by atoms with Crippen LogP contribution in [0, 0.1) is 0 Å². The van der Waals surface area contributed by atoms with E-state index in [4.69, 9.17) is 11.6 Å². The molecular weight excluding hydrogens is 368 g/mol. The second kappa shape index (κ2) is 8.05. The summed E-state index contributed by atoms with van der Waals surface area (Å²) in [7, 11) is 0. The molecular formula is C18H19ClN6O2. The summed E-state index contributed by atoms with van der Waals surface area (Å²) >= 11 is 6.08. The van der Waals surface area contributed by atoms with Gasteiger partial charge in [-0.1, -0.05) is 29.8 Å². The summed E-state index contributed by atoms with van der Waals surface area (Å²) in [5.74, 6) is -0.925. The predicted molar refractivity (Wildman–Crippen MR) is 103 cm³/mol. The van der Waals surface area contributed by atoms with Gasteiger partial charge in [-0.25, -0.2) is 0 Å². The van der Waals surface area contributed by atoms with Crippen LogP contribution < -0.4 is 10.6 Å². The van der Waals surface area contributed by atoms with E-state index in [9.17, 15) is 9.59 Å². The lowest BCUT2D eigenvalue weighted by atomic mass is 10.3. The van der Waals surface area contributed by atoms with Crippen molar-refractivity contribution < 1.29 is 9.59 Å². The van der Waals surface area contributed by atoms with Gasteiger partial charge in [-0.3, -0.25) is 19.0 Å². The van der Waals surface area contributed by atoms with Gasteiger partial charge in [0.2, 0.25) is 0 Å². The fourth-order valence-electron chi connectivity index (χ4n) is 2.45. The zero-order valence-electron chi connectivity index (χ0n) is 14.9. The van der Waals surface area contributed by atoms with Crippen molar-refractivity contribution in [1.82, 2.24) is 19.6 Å². The number of hydrogen-bond donors (Lipinski definition) is 2. The average molecular weight is 387 g/mol. The van der Waals surface area contributed by atoms with Gasteiger partial charge in [0.25, 0.3) is 11.8 Å². The zero-order chi connectivity index (χ0) is 19.4. The van der Waals surface area contributed by atoms with E-state index in [-0.39, 0.29) is 22.1 Å². The van der Waals surface area contributed by atoms with Crippen molar-refractivity contribution in [3.63, 3.8) is 0 Å². The van der Waals surface area contributed by atoms with Crippen molar-refractivity contribution in [2.45, 2.75) is 26.9 Å². The van der Waals surface area contributed by atoms with E-state index in [1.165, 1.54) is 0 Å². The van der Waals surface area contributed by atoms with Crippen LogP contribution in [-0.2, 0) is 13.1 Å². The van der Waals surface area contributed by atoms with E-state index in [1.54, 1.807) is 33.9 Å². The van der Waals surface area contributed by atoms with Gasteiger partial charge >= 0.3 is 0 Å². The van der Waals surface area contributed by atoms with Crippen LogP contribution in [-0.4, -0.2) is 31.4 Å². The lowest BCUT2D eigenvalue weighted by molar-refractivity contribution is 0.102. The number of carbonyl (C=O) groups excluding carboxylic acids is 2. The average Bonchev–Trinajstić information content (AvgIpc) is 3.25. The van der Waals surface area contributed by atoms with Crippen molar-refractivity contribution in [3.8, 4) is 0 Å². The zero-order valence-corrected chi connectivity index (χ0v) is 15.7. The van der Waals surface area contributed by atoms with Gasteiger partial charge < -0.3 is 10.6 Å². The molecule has 0 unspecified atom stereocenters. The molecule has 27 heavy (non-hydrogen) atoms. The molecule has 0 fully saturated rings. The first-order chi connectivity index (χ1) is 13.0. The number of aryl methyl sites for hydroxylation is 2. The molecule has 2 amide bonds. The fourth-order valence-corrected chi connectivity index (χ4v) is 2.69. The number of anilines is 2. The molecule has 8 nitrogen and oxygen atoms in total. The SMILES string of the molecule is CCn1cc(Cl)c(C(=O)Nc2cn(CC)nc2C(=O)Nc2ccccc2)n1. The third kappa shape index (κ3) is 4.17. The topological polar surface area (TPSA) is 93.8 Å². The molecule has 0 spiro atoms. The quantitative estimate of drug-likeness (QED) is 0.679. The van der Waals surface area contributed by atoms with Crippen LogP contribution in [0.15, 0.2) is 42.7 Å². The lowest BCUT2D eigenvalue weighted by Crippen LogP contribution is -2.18. The predicted octanol–water partition coefficient (Wildman–Crippen LogP) is 3.28. The highest BCUT2D eigenvalue weighted by Crippen LogP contribution is 2.20. The Morgan fingerprint density at radius 1 is 0.926 bits per heavy atom. The molecule has 0 radical (unpaired) electrons. The third-order valence-electron chi connectivity index (χ3n) is 3.84. The molecule has 2 heterocycles. The summed E-state index contributed by atoms with van der Waals surface area (Å²) in [6.45, 7) is 4.91. The number of carbonyl (C=O) groups is 2. The summed E-state index contributed by atoms with van der Waals surface area (Å²) < 4.78 is 3.14. The van der Waals surface area contributed by atoms with E-state index >= 15 is 0 Å². The van der Waals surface area contributed by atoms with Crippen molar-refractivity contribution in [2.24, 2.45) is 0 Å². The Morgan fingerprint density at radius 2 is 1.52 bits per heavy atom. The normalized spacial score (nSPS) is 10.6. The van der Waals surface area contributed by atoms with Crippen molar-refractivity contribution in [1.29, 1.82) is 0 Å². The Morgan fingerprint density at radius 3 is 2.15 bits per heavy atom. The second-order valence-corrected chi connectivity index (χ2v) is 6.11. The largest absolute Gasteiger partial charge is 0.321 e. The lowest BCUT2D eigenvalue weighted by Gasteiger charge is -2.06. The standard InChI is InChI=1S/C18H19ClN6O2/c1-3-24-10-13(19)15(22-24)17(26)21-14-11-25(4-2)23-16(14)18(27)20-12-8-6-5-7-9-12/h5-11H,3-4H2,1-2H3,(H,20,27)(H,21,26). The van der Waals surface area contributed by atoms with Gasteiger partial charge in [-0.2, -0.15) is 10.2 Å². The number of hydrogen-bond acceptors (Lipinski definition) is 4. The molecule has 140 valence electrons. The van der Waals surface area contributed by atoms with Crippen LogP contribution in [0.1, 0.15) is 34.8 Å². The molecule has 0 bridgehead atoms. The summed E-state index contributed by atoms with van der Waals surface area (Å²) in [5, 5.41) is 14.1. The van der Waals surface area contributed by atoms with E-state index in [0.717, 1.165) is 0 Å². The highest BCUT2D eigenvalue weighted by Gasteiger charge is 2.22. The molecule has 9 heteroatoms. The Hall–Kier alpha value is -3.13. The molecule has 0 saturated heterocycles. The minimum Gasteiger partial charge on any atom is -0.321 e. The van der Waals surface area contributed by atoms with Crippen molar-refractivity contribution >= 4 is 34.8 Å². The summed E-state index contributed by atoms with van der Waals surface area (Å²) in [6, 6.07) is 9.02. The van der Waals surface area contributed by atoms with E-state index in [2.05, 4.69) is 20.8 Å². The first-order valence-corrected chi connectivity index (χ1v) is 8.87. The maximum atomic E-state index is 12.6. The minimum atomic E-state index is -0.503. The molecule has 0 aliphatic rings. The van der Waals surface area contributed by atoms with Gasteiger partial charge in [-0.05, 0) is 26.0 Å². The summed E-state index contributed by atoms with van der Waals surface area (Å²) in [5.41, 5.74) is 1.13. The second-order valence-electron chi connectivity index (χ2n) is 5.70. The van der Waals surface area contributed by atoms with Crippen LogP contribution in [0.4, 0.5) is 11.4 Å². The number of nitrogens with zero attached hydrogens (tertiary/aromatic N) is 4. The monoisotopic (exact) mass is 386 g/mol. The minimum absolute atomic E-state index is 0.0946. The Balaban J connectivity index is 1.84. The van der Waals surface area contributed by atoms with E-state index in [0.29, 0.717) is 18.8 Å². The first kappa shape index (κ1) is 18.7. The summed E-state index contributed by atoms with van der Waals surface area (Å²) in [4.78, 5) is 25.2. The molecule has 2 aromatic heterocycles. The first-order valence-electron chi connectivity index (χ1n) is 8.50. The third-order valence-corrected chi connectivity index (χ3v) is 4.11. The highest BCUT2D eigenvalue weighted by molar-refractivity contribution is 6.34. The molecule has 0 saturated carbocycles. The van der Waals surface area contributed by atoms with Crippen LogP contribution in [0.5, 0.6) is 0 Å². The maximum absolute atomic E-state index is 12.6. The Labute approximate surface area is 161 Å². The molecule has 0 atom stereocenters. The van der Waals surface area contributed by atoms with Crippen LogP contribution in [0.25, 0.3) is 0 Å². The number of halogens is 1. The van der Waals surface area contributed by atoms with Gasteiger partial charge in [-0.15, -0.1) is 0 Å². The molecule has 3 aromatic rings. The van der Waals surface area contributed by atoms with Crippen LogP contribution >= 0.6 is 11.6 Å². The Bertz CT molecular complexity index is 964. The maximum Gasteiger partial charge on any atom is 0.278 e. The van der Waals surface area contributed by atoms with E-state index < -0.39 is 11.8 Å². The Kier molecular flexibility index (Phi) is 5.56. The molecule has 3 rings (SSSR count). The number of rotatable bonds is 6. The molecule has 2 N–H and O–H groups in total. The molecule has 0 aliphatic heterocycles. The van der Waals surface area contributed by atoms with Crippen LogP contribution in [0.3, 0.4) is 0 Å². The number of benzene rings is 1. The summed E-state index contributed by atoms with van der Waals surface area (Å²) in [6.07, 6.45) is 3.18. The van der Waals surface area contributed by atoms with E-state index in [1.807, 2.05) is 32.0 Å². The van der Waals surface area contributed by atoms with Crippen molar-refractivity contribution in [2.75, 3.05) is 10.6 Å². The van der Waals surface area contributed by atoms with Gasteiger partial charge in [0, 0.05) is 31.2 Å². The van der Waals surface area contributed by atoms with Gasteiger partial charge in [0.05, 0.1) is 10.7 Å². The number of aromatic nitrogens is 4. The fraction of sp³-hybridized carbons (Fsp3) is 0.222. The van der Waals surface area contributed by atoms with Crippen molar-refractivity contribution in [3.05, 3.63) is 59.1 Å². The van der Waals surface area contributed by atoms with Gasteiger partial charge in [0.1, 0.15) is 0 Å². The smallest absolute Gasteiger partial charge is 0.278 e. The highest BCUT2D eigenvalue weighted by atomic mass is 35.5. The number of nitrogens with one attached hydrogen (secondary N) is 2. The number of amides is 2. The molecule has 1 aromatic carbocycles. The number of para-hydroxylation sites is 1.